The summed E-state index contributed by atoms with van der Waals surface area (Å²) >= 11 is 19.2. The Morgan fingerprint density at radius 2 is 1.10 bits per heavy atom. The standard InChI is InChI=1S/2C19H17BrClFN2O3.H2O4S/c2*1-24-10-23-19-16(24)8-13(17(26)9-27-5-4-25)14(18(19)22)6-11-2-3-12(20)7-15(11)21;1-5(2,3)4/h2*2-3,7-8,10,25H,4-6,9H2,1H3;(H2,1,2,3,4)/p-1. The highest BCUT2D eigenvalue weighted by molar-refractivity contribution is 9.10. The van der Waals surface area contributed by atoms with Crippen LogP contribution in [-0.2, 0) is 46.8 Å². The molecule has 316 valence electrons. The van der Waals surface area contributed by atoms with Gasteiger partial charge < -0.3 is 33.4 Å². The van der Waals surface area contributed by atoms with Gasteiger partial charge in [-0.1, -0.05) is 67.2 Å². The van der Waals surface area contributed by atoms with Gasteiger partial charge in [0, 0.05) is 68.2 Å². The fourth-order valence-corrected chi connectivity index (χ4v) is 7.18. The van der Waals surface area contributed by atoms with Crippen LogP contribution in [-0.4, -0.2) is 98.0 Å². The number of hydrogen-bond acceptors (Lipinski definition) is 11. The third kappa shape index (κ3) is 13.1. The summed E-state index contributed by atoms with van der Waals surface area (Å²) in [6.07, 6.45) is 3.29. The Morgan fingerprint density at radius 1 is 0.746 bits per heavy atom. The van der Waals surface area contributed by atoms with E-state index in [9.17, 15) is 9.59 Å². The molecular formula is C38H35Br2Cl2F2N4O10S-. The van der Waals surface area contributed by atoms with Crippen molar-refractivity contribution in [3.05, 3.63) is 125 Å². The fourth-order valence-electron chi connectivity index (χ4n) is 5.70. The third-order valence-electron chi connectivity index (χ3n) is 8.43. The summed E-state index contributed by atoms with van der Waals surface area (Å²) in [5.41, 5.74) is 3.72. The van der Waals surface area contributed by atoms with Crippen LogP contribution >= 0.6 is 55.1 Å². The van der Waals surface area contributed by atoms with Crippen LogP contribution in [0.3, 0.4) is 0 Å². The molecular weight excluding hydrogens is 973 g/mol. The SMILES string of the molecule is Cn1cnc2c(F)c(Cc3ccc(Br)cc3Cl)c(C(=O)COCCO)cc21.Cn1cnc2c(F)c(Cc3ccc(Br)cc3Cl)c(C(=O)COCCO)cc21.O=S(=O)([O-])O. The number of nitrogens with zero attached hydrogens (tertiary/aromatic N) is 4. The smallest absolute Gasteiger partial charge is 0.215 e. The number of ketones is 2. The lowest BCUT2D eigenvalue weighted by atomic mass is 9.95. The highest BCUT2D eigenvalue weighted by atomic mass is 79.9. The molecule has 0 aliphatic rings. The van der Waals surface area contributed by atoms with Crippen molar-refractivity contribution in [2.24, 2.45) is 14.1 Å². The number of aromatic nitrogens is 4. The predicted molar refractivity (Wildman–Crippen MR) is 222 cm³/mol. The van der Waals surface area contributed by atoms with E-state index in [1.807, 2.05) is 12.1 Å². The van der Waals surface area contributed by atoms with Gasteiger partial charge in [0.2, 0.25) is 10.4 Å². The molecule has 0 aliphatic carbocycles. The van der Waals surface area contributed by atoms with Crippen molar-refractivity contribution in [3.8, 4) is 0 Å². The second kappa shape index (κ2) is 21.7. The molecule has 6 rings (SSSR count). The molecule has 0 amide bonds. The van der Waals surface area contributed by atoms with Gasteiger partial charge in [-0.3, -0.25) is 14.1 Å². The lowest BCUT2D eigenvalue weighted by Gasteiger charge is -2.13. The topological polar surface area (TPSA) is 206 Å². The van der Waals surface area contributed by atoms with Crippen molar-refractivity contribution in [2.45, 2.75) is 12.8 Å². The first-order valence-electron chi connectivity index (χ1n) is 17.1. The number of Topliss-reactive ketones (excluding diaryl/α,β-unsaturated/α-hetero) is 2. The van der Waals surface area contributed by atoms with E-state index >= 15 is 8.78 Å². The van der Waals surface area contributed by atoms with Crippen molar-refractivity contribution in [2.75, 3.05) is 39.6 Å². The van der Waals surface area contributed by atoms with Crippen molar-refractivity contribution >= 4 is 99.1 Å². The van der Waals surface area contributed by atoms with Gasteiger partial charge in [-0.15, -0.1) is 0 Å². The van der Waals surface area contributed by atoms with Crippen LogP contribution in [0.15, 0.2) is 70.1 Å². The number of rotatable bonds is 14. The molecule has 0 saturated heterocycles. The van der Waals surface area contributed by atoms with E-state index < -0.39 is 22.0 Å². The number of aliphatic hydroxyl groups excluding tert-OH is 2. The second-order valence-electron chi connectivity index (χ2n) is 12.5. The normalized spacial score (nSPS) is 11.3. The van der Waals surface area contributed by atoms with Crippen LogP contribution in [0.5, 0.6) is 0 Å². The zero-order valence-corrected chi connectivity index (χ0v) is 36.6. The molecule has 14 nitrogen and oxygen atoms in total. The molecule has 4 aromatic carbocycles. The minimum absolute atomic E-state index is 0.0377. The first-order chi connectivity index (χ1) is 27.8. The van der Waals surface area contributed by atoms with Crippen LogP contribution in [0.2, 0.25) is 10.0 Å². The molecule has 3 N–H and O–H groups in total. The van der Waals surface area contributed by atoms with Crippen LogP contribution in [0.1, 0.15) is 43.0 Å². The monoisotopic (exact) mass is 1000 g/mol. The molecule has 59 heavy (non-hydrogen) atoms. The number of benzene rings is 4. The van der Waals surface area contributed by atoms with Gasteiger partial charge in [0.1, 0.15) is 24.2 Å². The maximum absolute atomic E-state index is 15.2. The minimum Gasteiger partial charge on any atom is -0.726 e. The van der Waals surface area contributed by atoms with Gasteiger partial charge in [-0.05, 0) is 47.5 Å². The highest BCUT2D eigenvalue weighted by Gasteiger charge is 2.24. The van der Waals surface area contributed by atoms with Crippen molar-refractivity contribution < 1.29 is 55.6 Å². The van der Waals surface area contributed by atoms with E-state index in [1.54, 1.807) is 59.6 Å². The number of ether oxygens (including phenoxy) is 2. The molecule has 6 aromatic rings. The summed E-state index contributed by atoms with van der Waals surface area (Å²) in [5, 5.41) is 18.6. The van der Waals surface area contributed by atoms with Crippen molar-refractivity contribution in [3.63, 3.8) is 0 Å². The van der Waals surface area contributed by atoms with Gasteiger partial charge in [0.25, 0.3) is 0 Å². The fraction of sp³-hybridized carbons (Fsp3) is 0.263. The molecule has 0 unspecified atom stereocenters. The molecule has 0 spiro atoms. The van der Waals surface area contributed by atoms with Crippen molar-refractivity contribution in [1.29, 1.82) is 0 Å². The molecule has 0 saturated carbocycles. The number of imidazole rings is 2. The van der Waals surface area contributed by atoms with Crippen LogP contribution in [0.4, 0.5) is 8.78 Å². The Kier molecular flexibility index (Phi) is 17.6. The first kappa shape index (κ1) is 47.9. The minimum atomic E-state index is -4.92. The molecule has 0 fully saturated rings. The second-order valence-corrected chi connectivity index (χ2v) is 16.0. The molecule has 0 radical (unpaired) electrons. The van der Waals surface area contributed by atoms with Gasteiger partial charge >= 0.3 is 0 Å². The third-order valence-corrected chi connectivity index (χ3v) is 10.1. The Labute approximate surface area is 363 Å². The Hall–Kier alpha value is -3.73. The van der Waals surface area contributed by atoms with Gasteiger partial charge in [0.05, 0.1) is 50.1 Å². The Bertz CT molecular complexity index is 2420. The van der Waals surface area contributed by atoms with E-state index in [1.165, 1.54) is 12.7 Å². The van der Waals surface area contributed by atoms with E-state index in [4.69, 9.17) is 60.4 Å². The lowest BCUT2D eigenvalue weighted by Crippen LogP contribution is -2.15. The Morgan fingerprint density at radius 3 is 1.42 bits per heavy atom. The summed E-state index contributed by atoms with van der Waals surface area (Å²) in [4.78, 5) is 33.5. The number of aliphatic hydroxyl groups is 2. The summed E-state index contributed by atoms with van der Waals surface area (Å²) in [5.74, 6) is -1.82. The summed E-state index contributed by atoms with van der Waals surface area (Å²) in [6, 6.07) is 13.9. The van der Waals surface area contributed by atoms with Crippen molar-refractivity contribution in [1.82, 2.24) is 19.1 Å². The number of aryl methyl sites for hydroxylation is 2. The van der Waals surface area contributed by atoms with Gasteiger partial charge in [-0.25, -0.2) is 27.2 Å². The lowest BCUT2D eigenvalue weighted by molar-refractivity contribution is 0.0658. The summed E-state index contributed by atoms with van der Waals surface area (Å²) < 4.78 is 78.5. The quantitative estimate of drug-likeness (QED) is 0.0445. The van der Waals surface area contributed by atoms with Gasteiger partial charge in [0.15, 0.2) is 23.2 Å². The molecule has 0 atom stereocenters. The average Bonchev–Trinajstić information content (AvgIpc) is 3.73. The number of halogens is 6. The molecule has 2 heterocycles. The van der Waals surface area contributed by atoms with E-state index in [2.05, 4.69) is 41.8 Å². The average molecular weight is 1010 g/mol. The molecule has 21 heteroatoms. The van der Waals surface area contributed by atoms with E-state index in [-0.39, 0.29) is 97.3 Å². The summed E-state index contributed by atoms with van der Waals surface area (Å²) in [6.45, 7) is -0.797. The number of hydrogen-bond donors (Lipinski definition) is 3. The van der Waals surface area contributed by atoms with Crippen LogP contribution < -0.4 is 0 Å². The Balaban J connectivity index is 0.000000234. The maximum atomic E-state index is 15.2. The van der Waals surface area contributed by atoms with E-state index in [0.29, 0.717) is 32.2 Å². The number of carbonyl (C=O) groups is 2. The predicted octanol–water partition coefficient (Wildman–Crippen LogP) is 6.83. The first-order valence-corrected chi connectivity index (χ1v) is 20.8. The molecule has 2 aromatic heterocycles. The number of carbonyl (C=O) groups excluding carboxylic acids is 2. The highest BCUT2D eigenvalue weighted by Crippen LogP contribution is 2.32. The van der Waals surface area contributed by atoms with E-state index in [0.717, 1.165) is 8.95 Å². The van der Waals surface area contributed by atoms with Crippen LogP contribution in [0.25, 0.3) is 22.1 Å². The number of fused-ring (bicyclic) bond motifs is 2. The van der Waals surface area contributed by atoms with Gasteiger partial charge in [-0.2, -0.15) is 0 Å². The zero-order chi connectivity index (χ0) is 43.6. The summed E-state index contributed by atoms with van der Waals surface area (Å²) in [7, 11) is -1.45. The molecule has 0 aliphatic heterocycles. The largest absolute Gasteiger partial charge is 0.726 e. The molecule has 0 bridgehead atoms. The maximum Gasteiger partial charge on any atom is 0.215 e. The van der Waals surface area contributed by atoms with Crippen LogP contribution in [0, 0.1) is 11.6 Å². The zero-order valence-electron chi connectivity index (χ0n) is 31.1.